The van der Waals surface area contributed by atoms with Crippen molar-refractivity contribution in [2.75, 3.05) is 20.3 Å². The predicted molar refractivity (Wildman–Crippen MR) is 109 cm³/mol. The molecule has 2 aliphatic rings. The van der Waals surface area contributed by atoms with Gasteiger partial charge in [0, 0.05) is 25.6 Å². The Morgan fingerprint density at radius 1 is 1.14 bits per heavy atom. The molecule has 2 aromatic carbocycles. The molecule has 152 valence electrons. The maximum absolute atomic E-state index is 11.1. The summed E-state index contributed by atoms with van der Waals surface area (Å²) in [6.07, 6.45) is 0.525. The lowest BCUT2D eigenvalue weighted by atomic mass is 9.91. The monoisotopic (exact) mass is 394 g/mol. The van der Waals surface area contributed by atoms with Gasteiger partial charge < -0.3 is 23.9 Å². The Bertz CT molecular complexity index is 1010. The zero-order valence-corrected chi connectivity index (χ0v) is 16.7. The van der Waals surface area contributed by atoms with Gasteiger partial charge in [0.1, 0.15) is 23.5 Å². The second kappa shape index (κ2) is 7.44. The summed E-state index contributed by atoms with van der Waals surface area (Å²) in [6.45, 7) is 0.861. The average Bonchev–Trinajstić information content (AvgIpc) is 3.53. The molecule has 6 nitrogen and oxygen atoms in total. The first-order valence-electron chi connectivity index (χ1n) is 10.2. The van der Waals surface area contributed by atoms with Crippen molar-refractivity contribution in [3.63, 3.8) is 0 Å². The molecular formula is C23H26N2O4. The summed E-state index contributed by atoms with van der Waals surface area (Å²) >= 11 is 0. The Morgan fingerprint density at radius 2 is 1.93 bits per heavy atom. The highest BCUT2D eigenvalue weighted by Crippen LogP contribution is 2.47. The smallest absolute Gasteiger partial charge is 0.154 e. The van der Waals surface area contributed by atoms with Gasteiger partial charge in [0.05, 0.1) is 18.7 Å². The van der Waals surface area contributed by atoms with Crippen LogP contribution >= 0.6 is 0 Å². The van der Waals surface area contributed by atoms with Crippen molar-refractivity contribution in [3.05, 3.63) is 59.4 Å². The Labute approximate surface area is 170 Å². The number of benzene rings is 2. The van der Waals surface area contributed by atoms with E-state index in [1.807, 2.05) is 36.4 Å². The highest BCUT2D eigenvalue weighted by molar-refractivity contribution is 5.85. The van der Waals surface area contributed by atoms with Crippen LogP contribution in [0.3, 0.4) is 0 Å². The molecule has 0 unspecified atom stereocenters. The predicted octanol–water partition coefficient (Wildman–Crippen LogP) is 3.65. The third kappa shape index (κ3) is 3.21. The van der Waals surface area contributed by atoms with Gasteiger partial charge in [-0.3, -0.25) is 0 Å². The summed E-state index contributed by atoms with van der Waals surface area (Å²) in [6, 6.07) is 13.9. The van der Waals surface area contributed by atoms with Gasteiger partial charge in [-0.05, 0) is 24.5 Å². The van der Waals surface area contributed by atoms with E-state index in [4.69, 9.17) is 19.2 Å². The molecule has 0 bridgehead atoms. The van der Waals surface area contributed by atoms with Gasteiger partial charge in [0.15, 0.2) is 11.9 Å². The topological polar surface area (TPSA) is 65.7 Å². The molecule has 0 saturated heterocycles. The molecule has 0 spiro atoms. The number of hydrogen-bond acceptors (Lipinski definition) is 5. The van der Waals surface area contributed by atoms with Crippen LogP contribution in [0.25, 0.3) is 11.0 Å². The van der Waals surface area contributed by atoms with Crippen molar-refractivity contribution in [2.45, 2.75) is 37.1 Å². The number of ether oxygens (including phenoxy) is 3. The second-order valence-corrected chi connectivity index (χ2v) is 7.88. The first kappa shape index (κ1) is 18.6. The van der Waals surface area contributed by atoms with E-state index >= 15 is 0 Å². The molecule has 1 aromatic heterocycles. The van der Waals surface area contributed by atoms with E-state index < -0.39 is 18.3 Å². The average molecular weight is 394 g/mol. The molecule has 5 rings (SSSR count). The number of imidazole rings is 1. The lowest BCUT2D eigenvalue weighted by Gasteiger charge is -2.37. The van der Waals surface area contributed by atoms with Crippen molar-refractivity contribution in [1.82, 2.24) is 9.55 Å². The summed E-state index contributed by atoms with van der Waals surface area (Å²) in [7, 11) is 3.70. The van der Waals surface area contributed by atoms with Crippen LogP contribution in [0.2, 0.25) is 0 Å². The molecule has 1 N–H and O–H groups in total. The number of fused-ring (bicyclic) bond motifs is 3. The van der Waals surface area contributed by atoms with E-state index in [0.717, 1.165) is 28.0 Å². The van der Waals surface area contributed by atoms with Gasteiger partial charge in [-0.15, -0.1) is 0 Å². The number of rotatable bonds is 6. The van der Waals surface area contributed by atoms with Crippen molar-refractivity contribution in [2.24, 2.45) is 7.05 Å². The van der Waals surface area contributed by atoms with E-state index in [-0.39, 0.29) is 0 Å². The van der Waals surface area contributed by atoms with E-state index in [1.54, 1.807) is 7.11 Å². The van der Waals surface area contributed by atoms with Crippen LogP contribution in [-0.2, 0) is 16.5 Å². The number of aromatic nitrogens is 2. The molecule has 1 fully saturated rings. The van der Waals surface area contributed by atoms with Crippen molar-refractivity contribution in [1.29, 1.82) is 0 Å². The Balaban J connectivity index is 1.62. The number of aliphatic hydroxyl groups is 1. The minimum absolute atomic E-state index is 0.396. The molecule has 1 aliphatic carbocycles. The van der Waals surface area contributed by atoms with Gasteiger partial charge in [-0.2, -0.15) is 0 Å². The maximum Gasteiger partial charge on any atom is 0.154 e. The number of aliphatic hydroxyl groups excluding tert-OH is 1. The summed E-state index contributed by atoms with van der Waals surface area (Å²) in [5.74, 6) is 2.36. The summed E-state index contributed by atoms with van der Waals surface area (Å²) < 4.78 is 19.8. The van der Waals surface area contributed by atoms with Crippen LogP contribution < -0.4 is 4.74 Å². The van der Waals surface area contributed by atoms with Crippen LogP contribution in [-0.4, -0.2) is 41.1 Å². The van der Waals surface area contributed by atoms with Gasteiger partial charge in [0.25, 0.3) is 0 Å². The Hall–Kier alpha value is -2.41. The minimum atomic E-state index is -0.828. The number of methoxy groups -OCH3 is 1. The Morgan fingerprint density at radius 3 is 2.66 bits per heavy atom. The molecule has 1 aliphatic heterocycles. The first-order valence-corrected chi connectivity index (χ1v) is 10.2. The normalized spacial score (nSPS) is 23.8. The molecule has 0 amide bonds. The molecule has 0 radical (unpaired) electrons. The quantitative estimate of drug-likeness (QED) is 0.647. The minimum Gasteiger partial charge on any atom is -0.480 e. The second-order valence-electron chi connectivity index (χ2n) is 7.88. The van der Waals surface area contributed by atoms with Crippen LogP contribution in [0.4, 0.5) is 0 Å². The van der Waals surface area contributed by atoms with Crippen LogP contribution in [0.15, 0.2) is 42.5 Å². The number of aryl methyl sites for hydroxylation is 1. The molecule has 3 aromatic rings. The summed E-state index contributed by atoms with van der Waals surface area (Å²) in [5, 5.41) is 11.1. The van der Waals surface area contributed by atoms with Gasteiger partial charge >= 0.3 is 0 Å². The summed E-state index contributed by atoms with van der Waals surface area (Å²) in [5.41, 5.74) is 3.65. The lowest BCUT2D eigenvalue weighted by molar-refractivity contribution is -0.108. The fourth-order valence-electron chi connectivity index (χ4n) is 4.22. The van der Waals surface area contributed by atoms with Crippen molar-refractivity contribution in [3.8, 4) is 5.75 Å². The van der Waals surface area contributed by atoms with E-state index in [1.165, 1.54) is 12.8 Å². The van der Waals surface area contributed by atoms with Crippen LogP contribution in [0, 0.1) is 0 Å². The lowest BCUT2D eigenvalue weighted by Crippen LogP contribution is -2.36. The molecule has 1 saturated carbocycles. The number of hydrogen-bond donors (Lipinski definition) is 1. The number of nitrogens with zero attached hydrogens (tertiary/aromatic N) is 2. The molecular weight excluding hydrogens is 368 g/mol. The third-order valence-corrected chi connectivity index (χ3v) is 5.90. The Kier molecular flexibility index (Phi) is 4.78. The fourth-order valence-corrected chi connectivity index (χ4v) is 4.22. The highest BCUT2D eigenvalue weighted by Gasteiger charge is 2.41. The van der Waals surface area contributed by atoms with E-state index in [2.05, 4.69) is 17.7 Å². The van der Waals surface area contributed by atoms with Gasteiger partial charge in [-0.1, -0.05) is 36.4 Å². The largest absolute Gasteiger partial charge is 0.480 e. The summed E-state index contributed by atoms with van der Waals surface area (Å²) in [4.78, 5) is 4.95. The van der Waals surface area contributed by atoms with E-state index in [0.29, 0.717) is 24.9 Å². The van der Waals surface area contributed by atoms with E-state index in [9.17, 15) is 5.11 Å². The van der Waals surface area contributed by atoms with Crippen molar-refractivity contribution < 1.29 is 19.3 Å². The van der Waals surface area contributed by atoms with Crippen molar-refractivity contribution >= 4 is 11.0 Å². The standard InChI is InChI=1S/C23H26N2O4/c1-25-17-11-10-16-21(18(17)24-23(25)15-8-9-15)29-20(14-6-4-3-5-7-14)19(26)22(16)28-13-12-27-2/h3-7,10-11,15,19-20,22,26H,8-9,12-13H2,1-2H3/t19-,20-,22-/m1/s1. The zero-order valence-electron chi connectivity index (χ0n) is 16.7. The highest BCUT2D eigenvalue weighted by atomic mass is 16.5. The maximum atomic E-state index is 11.1. The third-order valence-electron chi connectivity index (χ3n) is 5.90. The van der Waals surface area contributed by atoms with Crippen LogP contribution in [0.5, 0.6) is 5.75 Å². The van der Waals surface area contributed by atoms with Gasteiger partial charge in [-0.25, -0.2) is 4.98 Å². The molecule has 2 heterocycles. The molecule has 6 heteroatoms. The molecule has 3 atom stereocenters. The molecule has 29 heavy (non-hydrogen) atoms. The zero-order chi connectivity index (χ0) is 20.0. The fraction of sp³-hybridized carbons (Fsp3) is 0.435. The first-order chi connectivity index (χ1) is 14.2. The van der Waals surface area contributed by atoms with Gasteiger partial charge in [0.2, 0.25) is 0 Å². The SMILES string of the molecule is COCCO[C@@H]1c2ccc3c(nc(C4CC4)n3C)c2O[C@H](c2ccccc2)[C@H]1O. The van der Waals surface area contributed by atoms with Crippen LogP contribution in [0.1, 0.15) is 47.9 Å².